The van der Waals surface area contributed by atoms with Crippen molar-refractivity contribution in [2.45, 2.75) is 44.3 Å². The number of anilines is 1. The highest BCUT2D eigenvalue weighted by Crippen LogP contribution is 2.32. The molecular weight excluding hydrogens is 322 g/mol. The van der Waals surface area contributed by atoms with Gasteiger partial charge in [-0.3, -0.25) is 19.7 Å². The Morgan fingerprint density at radius 3 is 2.72 bits per heavy atom. The lowest BCUT2D eigenvalue weighted by Gasteiger charge is -2.29. The highest BCUT2D eigenvalue weighted by Gasteiger charge is 2.39. The number of nitrogens with one attached hydrogen (secondary N) is 1. The Balaban J connectivity index is 1.58. The highest BCUT2D eigenvalue weighted by molar-refractivity contribution is 6.05. The molecule has 25 heavy (non-hydrogen) atoms. The van der Waals surface area contributed by atoms with E-state index in [9.17, 15) is 19.2 Å². The van der Waals surface area contributed by atoms with E-state index < -0.39 is 11.9 Å². The van der Waals surface area contributed by atoms with Crippen LogP contribution in [0, 0.1) is 0 Å². The van der Waals surface area contributed by atoms with Crippen molar-refractivity contribution < 1.29 is 19.2 Å². The third-order valence-corrected chi connectivity index (χ3v) is 5.30. The van der Waals surface area contributed by atoms with Crippen LogP contribution < -0.4 is 10.2 Å². The molecule has 1 aromatic carbocycles. The molecule has 0 aromatic heterocycles. The highest BCUT2D eigenvalue weighted by atomic mass is 16.2. The first kappa shape index (κ1) is 15.8. The second kappa shape index (κ2) is 5.98. The Kier molecular flexibility index (Phi) is 3.78. The van der Waals surface area contributed by atoms with Crippen molar-refractivity contribution in [2.75, 3.05) is 11.4 Å². The van der Waals surface area contributed by atoms with Crippen LogP contribution in [0.1, 0.15) is 41.6 Å². The fourth-order valence-electron chi connectivity index (χ4n) is 3.99. The molecule has 7 nitrogen and oxygen atoms in total. The fraction of sp³-hybridized carbons (Fsp3) is 0.444. The third-order valence-electron chi connectivity index (χ3n) is 5.30. The minimum absolute atomic E-state index is 0.110. The Morgan fingerprint density at radius 2 is 1.96 bits per heavy atom. The molecule has 1 unspecified atom stereocenters. The summed E-state index contributed by atoms with van der Waals surface area (Å²) in [6, 6.07) is 4.88. The molecule has 3 heterocycles. The molecule has 0 radical (unpaired) electrons. The first-order valence-corrected chi connectivity index (χ1v) is 8.58. The fourth-order valence-corrected chi connectivity index (χ4v) is 3.99. The van der Waals surface area contributed by atoms with Crippen LogP contribution in [0.2, 0.25) is 0 Å². The van der Waals surface area contributed by atoms with E-state index in [1.807, 2.05) is 12.1 Å². The molecule has 7 heteroatoms. The number of amides is 3. The van der Waals surface area contributed by atoms with Gasteiger partial charge in [0.2, 0.25) is 11.8 Å². The van der Waals surface area contributed by atoms with Crippen LogP contribution in [0.4, 0.5) is 5.69 Å². The van der Waals surface area contributed by atoms with Crippen LogP contribution in [0.3, 0.4) is 0 Å². The van der Waals surface area contributed by atoms with Gasteiger partial charge < -0.3 is 14.6 Å². The van der Waals surface area contributed by atoms with E-state index in [2.05, 4.69) is 10.2 Å². The van der Waals surface area contributed by atoms with Crippen LogP contribution in [0.25, 0.3) is 0 Å². The maximum atomic E-state index is 12.7. The first-order chi connectivity index (χ1) is 12.1. The van der Waals surface area contributed by atoms with Gasteiger partial charge >= 0.3 is 0 Å². The van der Waals surface area contributed by atoms with Gasteiger partial charge in [0.25, 0.3) is 5.91 Å². The summed E-state index contributed by atoms with van der Waals surface area (Å²) in [6.45, 7) is 1.18. The van der Waals surface area contributed by atoms with Crippen LogP contribution in [0.5, 0.6) is 0 Å². The molecule has 0 spiro atoms. The number of benzene rings is 1. The number of hydrogen-bond acceptors (Lipinski definition) is 5. The lowest BCUT2D eigenvalue weighted by atomic mass is 10.0. The number of fused-ring (bicyclic) bond motifs is 1. The van der Waals surface area contributed by atoms with Gasteiger partial charge in [0.05, 0.1) is 6.04 Å². The predicted octanol–water partition coefficient (Wildman–Crippen LogP) is 0.615. The van der Waals surface area contributed by atoms with E-state index in [1.54, 1.807) is 6.07 Å². The SMILES string of the molecule is O=C[C@@H]1CCCN1c1ccc2c(c1)CN(C1CCC(=O)NC1=O)C2=O. The normalized spacial score (nSPS) is 26.0. The molecule has 3 amide bonds. The van der Waals surface area contributed by atoms with Gasteiger partial charge in [-0.25, -0.2) is 0 Å². The average molecular weight is 341 g/mol. The Labute approximate surface area is 145 Å². The molecule has 0 bridgehead atoms. The Morgan fingerprint density at radius 1 is 1.12 bits per heavy atom. The molecular formula is C18H19N3O4. The smallest absolute Gasteiger partial charge is 0.255 e. The second-order valence-corrected chi connectivity index (χ2v) is 6.78. The monoisotopic (exact) mass is 341 g/mol. The van der Waals surface area contributed by atoms with Crippen molar-refractivity contribution in [3.05, 3.63) is 29.3 Å². The van der Waals surface area contributed by atoms with Crippen molar-refractivity contribution in [1.29, 1.82) is 0 Å². The maximum absolute atomic E-state index is 12.7. The zero-order valence-corrected chi connectivity index (χ0v) is 13.7. The standard InChI is InChI=1S/C18H19N3O4/c22-10-13-2-1-7-20(13)12-3-4-14-11(8-12)9-21(18(14)25)15-5-6-16(23)19-17(15)24/h3-4,8,10,13,15H,1-2,5-7,9H2,(H,19,23,24)/t13-,15?/m0/s1. The molecule has 0 aliphatic carbocycles. The van der Waals surface area contributed by atoms with Crippen molar-refractivity contribution in [3.8, 4) is 0 Å². The largest absolute Gasteiger partial charge is 0.362 e. The van der Waals surface area contributed by atoms with E-state index in [-0.39, 0.29) is 24.3 Å². The molecule has 4 rings (SSSR count). The lowest BCUT2D eigenvalue weighted by Crippen LogP contribution is -2.52. The molecule has 2 fully saturated rings. The van der Waals surface area contributed by atoms with Crippen molar-refractivity contribution >= 4 is 29.7 Å². The van der Waals surface area contributed by atoms with Gasteiger partial charge in [0.1, 0.15) is 12.3 Å². The van der Waals surface area contributed by atoms with Crippen LogP contribution >= 0.6 is 0 Å². The molecule has 3 aliphatic rings. The second-order valence-electron chi connectivity index (χ2n) is 6.78. The Bertz CT molecular complexity index is 776. The number of carbonyl (C=O) groups is 4. The summed E-state index contributed by atoms with van der Waals surface area (Å²) < 4.78 is 0. The molecule has 2 saturated heterocycles. The van der Waals surface area contributed by atoms with Gasteiger partial charge in [-0.15, -0.1) is 0 Å². The molecule has 1 N–H and O–H groups in total. The van der Waals surface area contributed by atoms with E-state index in [0.29, 0.717) is 18.5 Å². The molecule has 1 aromatic rings. The zero-order chi connectivity index (χ0) is 17.6. The van der Waals surface area contributed by atoms with Crippen LogP contribution in [-0.2, 0) is 20.9 Å². The van der Waals surface area contributed by atoms with Crippen molar-refractivity contribution in [3.63, 3.8) is 0 Å². The summed E-state index contributed by atoms with van der Waals surface area (Å²) in [5, 5.41) is 2.30. The lowest BCUT2D eigenvalue weighted by molar-refractivity contribution is -0.136. The predicted molar refractivity (Wildman–Crippen MR) is 88.9 cm³/mol. The molecule has 0 saturated carbocycles. The molecule has 130 valence electrons. The minimum atomic E-state index is -0.601. The summed E-state index contributed by atoms with van der Waals surface area (Å²) in [5.74, 6) is -0.871. The zero-order valence-electron chi connectivity index (χ0n) is 13.7. The van der Waals surface area contributed by atoms with Crippen LogP contribution in [-0.4, -0.2) is 47.5 Å². The van der Waals surface area contributed by atoms with E-state index >= 15 is 0 Å². The number of piperidine rings is 1. The summed E-state index contributed by atoms with van der Waals surface area (Å²) in [6.07, 6.45) is 3.40. The van der Waals surface area contributed by atoms with Crippen molar-refractivity contribution in [2.24, 2.45) is 0 Å². The number of carbonyl (C=O) groups excluding carboxylic acids is 4. The maximum Gasteiger partial charge on any atom is 0.255 e. The number of hydrogen-bond donors (Lipinski definition) is 1. The topological polar surface area (TPSA) is 86.8 Å². The van der Waals surface area contributed by atoms with Crippen LogP contribution in [0.15, 0.2) is 18.2 Å². The van der Waals surface area contributed by atoms with E-state index in [0.717, 1.165) is 36.9 Å². The molecule has 3 aliphatic heterocycles. The Hall–Kier alpha value is -2.70. The minimum Gasteiger partial charge on any atom is -0.362 e. The van der Waals surface area contributed by atoms with Gasteiger partial charge in [-0.2, -0.15) is 0 Å². The molecule has 2 atom stereocenters. The summed E-state index contributed by atoms with van der Waals surface area (Å²) in [7, 11) is 0. The van der Waals surface area contributed by atoms with E-state index in [1.165, 1.54) is 4.90 Å². The van der Waals surface area contributed by atoms with Gasteiger partial charge in [0.15, 0.2) is 0 Å². The quantitative estimate of drug-likeness (QED) is 0.643. The summed E-state index contributed by atoms with van der Waals surface area (Å²) in [4.78, 5) is 50.9. The third kappa shape index (κ3) is 2.59. The van der Waals surface area contributed by atoms with Gasteiger partial charge in [-0.1, -0.05) is 0 Å². The number of imide groups is 1. The average Bonchev–Trinajstić information content (AvgIpc) is 3.19. The summed E-state index contributed by atoms with van der Waals surface area (Å²) in [5.41, 5.74) is 2.39. The number of aldehydes is 1. The van der Waals surface area contributed by atoms with Gasteiger partial charge in [-0.05, 0) is 43.0 Å². The van der Waals surface area contributed by atoms with Crippen molar-refractivity contribution in [1.82, 2.24) is 10.2 Å². The number of rotatable bonds is 3. The first-order valence-electron chi connectivity index (χ1n) is 8.58. The number of nitrogens with zero attached hydrogens (tertiary/aromatic N) is 2. The van der Waals surface area contributed by atoms with Gasteiger partial charge in [0, 0.05) is 30.8 Å². The summed E-state index contributed by atoms with van der Waals surface area (Å²) >= 11 is 0. The van der Waals surface area contributed by atoms with E-state index in [4.69, 9.17) is 0 Å².